The third-order valence-corrected chi connectivity index (χ3v) is 3.10. The molecule has 0 aromatic carbocycles. The highest BCUT2D eigenvalue weighted by Crippen LogP contribution is 2.16. The van der Waals surface area contributed by atoms with Crippen LogP contribution in [0, 0.1) is 5.92 Å². The summed E-state index contributed by atoms with van der Waals surface area (Å²) >= 11 is 0. The molecule has 96 valence electrons. The normalized spacial score (nSPS) is 19.6. The number of hydrogen-bond donors (Lipinski definition) is 1. The Hall–Kier alpha value is -2.11. The van der Waals surface area contributed by atoms with Gasteiger partial charge in [0.15, 0.2) is 0 Å². The van der Waals surface area contributed by atoms with Crippen molar-refractivity contribution in [1.82, 2.24) is 14.7 Å². The molecule has 0 aliphatic carbocycles. The Labute approximate surface area is 105 Å². The van der Waals surface area contributed by atoms with Crippen LogP contribution in [0.15, 0.2) is 18.3 Å². The molecule has 1 fully saturated rings. The van der Waals surface area contributed by atoms with Gasteiger partial charge in [-0.3, -0.25) is 14.3 Å². The van der Waals surface area contributed by atoms with Crippen LogP contribution in [0.2, 0.25) is 0 Å². The zero-order chi connectivity index (χ0) is 13.1. The first-order valence-electron chi connectivity index (χ1n) is 5.75. The first-order chi connectivity index (χ1) is 8.58. The lowest BCUT2D eigenvalue weighted by atomic mass is 10.1. The number of hydrogen-bond acceptors (Lipinski definition) is 3. The summed E-state index contributed by atoms with van der Waals surface area (Å²) in [6.07, 6.45) is 5.33. The number of likely N-dealkylation sites (tertiary alicyclic amines) is 1. The van der Waals surface area contributed by atoms with E-state index in [0.717, 1.165) is 5.69 Å². The van der Waals surface area contributed by atoms with Gasteiger partial charge in [0.05, 0.1) is 11.6 Å². The maximum absolute atomic E-state index is 11.8. The predicted molar refractivity (Wildman–Crippen MR) is 64.6 cm³/mol. The molecule has 1 N–H and O–H groups in total. The van der Waals surface area contributed by atoms with E-state index in [1.807, 2.05) is 0 Å². The van der Waals surface area contributed by atoms with Crippen molar-refractivity contribution in [3.8, 4) is 0 Å². The molecular weight excluding hydrogens is 234 g/mol. The molecule has 2 heterocycles. The number of aliphatic carboxylic acids is 1. The molecule has 6 heteroatoms. The molecule has 1 aliphatic heterocycles. The van der Waals surface area contributed by atoms with Gasteiger partial charge in [-0.15, -0.1) is 0 Å². The average Bonchev–Trinajstić information content (AvgIpc) is 2.94. The molecule has 1 atom stereocenters. The lowest BCUT2D eigenvalue weighted by Gasteiger charge is -2.12. The average molecular weight is 249 g/mol. The first kappa shape index (κ1) is 12.3. The Morgan fingerprint density at radius 1 is 1.56 bits per heavy atom. The van der Waals surface area contributed by atoms with Crippen molar-refractivity contribution >= 4 is 18.0 Å². The van der Waals surface area contributed by atoms with Crippen LogP contribution in [-0.2, 0) is 16.6 Å². The number of aryl methyl sites for hydroxylation is 1. The maximum atomic E-state index is 11.8. The molecular formula is C12H15N3O3. The summed E-state index contributed by atoms with van der Waals surface area (Å²) in [6.45, 7) is 0.801. The van der Waals surface area contributed by atoms with Crippen molar-refractivity contribution in [2.24, 2.45) is 13.0 Å². The molecule has 1 aromatic heterocycles. The van der Waals surface area contributed by atoms with Crippen LogP contribution in [0.3, 0.4) is 0 Å². The van der Waals surface area contributed by atoms with E-state index < -0.39 is 11.9 Å². The molecule has 6 nitrogen and oxygen atoms in total. The van der Waals surface area contributed by atoms with Gasteiger partial charge in [0.2, 0.25) is 5.91 Å². The standard InChI is InChI=1S/C12H15N3O3/c1-14-10(4-6-13-14)2-3-11(16)15-7-5-9(8-15)12(17)18/h2-4,6,9H,5,7-8H2,1H3,(H,17,18)/b3-2+/t9-/m1/s1. The fraction of sp³-hybridized carbons (Fsp3) is 0.417. The first-order valence-corrected chi connectivity index (χ1v) is 5.75. The van der Waals surface area contributed by atoms with Crippen LogP contribution >= 0.6 is 0 Å². The zero-order valence-corrected chi connectivity index (χ0v) is 10.1. The molecule has 0 spiro atoms. The fourth-order valence-corrected chi connectivity index (χ4v) is 1.97. The molecule has 1 amide bonds. The van der Waals surface area contributed by atoms with E-state index in [4.69, 9.17) is 5.11 Å². The zero-order valence-electron chi connectivity index (χ0n) is 10.1. The van der Waals surface area contributed by atoms with Gasteiger partial charge < -0.3 is 10.0 Å². The van der Waals surface area contributed by atoms with Gasteiger partial charge in [-0.2, -0.15) is 5.10 Å². The molecule has 1 aromatic rings. The van der Waals surface area contributed by atoms with Gasteiger partial charge in [0.25, 0.3) is 0 Å². The van der Waals surface area contributed by atoms with Gasteiger partial charge in [-0.25, -0.2) is 0 Å². The minimum Gasteiger partial charge on any atom is -0.481 e. The number of carbonyl (C=O) groups excluding carboxylic acids is 1. The quantitative estimate of drug-likeness (QED) is 0.785. The number of nitrogens with zero attached hydrogens (tertiary/aromatic N) is 3. The van der Waals surface area contributed by atoms with E-state index in [1.54, 1.807) is 35.0 Å². The van der Waals surface area contributed by atoms with Crippen LogP contribution in [0.25, 0.3) is 6.08 Å². The number of rotatable bonds is 3. The van der Waals surface area contributed by atoms with Gasteiger partial charge in [-0.05, 0) is 18.6 Å². The number of carboxylic acid groups (broad SMARTS) is 1. The largest absolute Gasteiger partial charge is 0.481 e. The summed E-state index contributed by atoms with van der Waals surface area (Å²) < 4.78 is 1.66. The molecule has 0 unspecified atom stereocenters. The van der Waals surface area contributed by atoms with Crippen LogP contribution < -0.4 is 0 Å². The Balaban J connectivity index is 1.95. The summed E-state index contributed by atoms with van der Waals surface area (Å²) in [5.74, 6) is -1.42. The Bertz CT molecular complexity index is 493. The molecule has 2 rings (SSSR count). The van der Waals surface area contributed by atoms with Crippen molar-refractivity contribution in [2.75, 3.05) is 13.1 Å². The lowest BCUT2D eigenvalue weighted by molar-refractivity contribution is -0.141. The minimum atomic E-state index is -0.832. The van der Waals surface area contributed by atoms with Gasteiger partial charge in [0, 0.05) is 32.4 Å². The molecule has 0 radical (unpaired) electrons. The van der Waals surface area contributed by atoms with Crippen LogP contribution in [0.4, 0.5) is 0 Å². The van der Waals surface area contributed by atoms with E-state index in [1.165, 1.54) is 6.08 Å². The van der Waals surface area contributed by atoms with Crippen molar-refractivity contribution in [1.29, 1.82) is 0 Å². The van der Waals surface area contributed by atoms with E-state index in [0.29, 0.717) is 19.5 Å². The molecule has 18 heavy (non-hydrogen) atoms. The molecule has 1 aliphatic rings. The number of carboxylic acids is 1. The predicted octanol–water partition coefficient (Wildman–Crippen LogP) is 0.366. The van der Waals surface area contributed by atoms with Crippen LogP contribution in [0.5, 0.6) is 0 Å². The second kappa shape index (κ2) is 5.03. The Kier molecular flexibility index (Phi) is 3.45. The van der Waals surface area contributed by atoms with E-state index in [-0.39, 0.29) is 5.91 Å². The van der Waals surface area contributed by atoms with Crippen molar-refractivity contribution in [2.45, 2.75) is 6.42 Å². The molecule has 0 saturated carbocycles. The van der Waals surface area contributed by atoms with E-state index in [2.05, 4.69) is 5.10 Å². The number of aromatic nitrogens is 2. The van der Waals surface area contributed by atoms with Gasteiger partial charge in [-0.1, -0.05) is 0 Å². The van der Waals surface area contributed by atoms with Gasteiger partial charge >= 0.3 is 5.97 Å². The second-order valence-corrected chi connectivity index (χ2v) is 4.32. The lowest BCUT2D eigenvalue weighted by Crippen LogP contribution is -2.28. The van der Waals surface area contributed by atoms with Crippen molar-refractivity contribution < 1.29 is 14.7 Å². The second-order valence-electron chi connectivity index (χ2n) is 4.32. The Morgan fingerprint density at radius 3 is 2.89 bits per heavy atom. The maximum Gasteiger partial charge on any atom is 0.308 e. The summed E-state index contributed by atoms with van der Waals surface area (Å²) in [4.78, 5) is 24.2. The van der Waals surface area contributed by atoms with Crippen molar-refractivity contribution in [3.05, 3.63) is 24.0 Å². The summed E-state index contributed by atoms with van der Waals surface area (Å²) in [5, 5.41) is 12.9. The highest BCUT2D eigenvalue weighted by atomic mass is 16.4. The highest BCUT2D eigenvalue weighted by Gasteiger charge is 2.29. The number of amides is 1. The SMILES string of the molecule is Cn1nccc1/C=C/C(=O)N1CC[C@@H](C(=O)O)C1. The highest BCUT2D eigenvalue weighted by molar-refractivity contribution is 5.92. The van der Waals surface area contributed by atoms with E-state index >= 15 is 0 Å². The van der Waals surface area contributed by atoms with Gasteiger partial charge in [0.1, 0.15) is 0 Å². The summed E-state index contributed by atoms with van der Waals surface area (Å²) in [7, 11) is 1.79. The fourth-order valence-electron chi connectivity index (χ4n) is 1.97. The van der Waals surface area contributed by atoms with E-state index in [9.17, 15) is 9.59 Å². The third kappa shape index (κ3) is 2.58. The number of carbonyl (C=O) groups is 2. The summed E-state index contributed by atoms with van der Waals surface area (Å²) in [6, 6.07) is 1.80. The Morgan fingerprint density at radius 2 is 2.33 bits per heavy atom. The smallest absolute Gasteiger partial charge is 0.308 e. The third-order valence-electron chi connectivity index (χ3n) is 3.10. The van der Waals surface area contributed by atoms with Crippen molar-refractivity contribution in [3.63, 3.8) is 0 Å². The molecule has 0 bridgehead atoms. The van der Waals surface area contributed by atoms with Crippen LogP contribution in [-0.4, -0.2) is 44.8 Å². The monoisotopic (exact) mass is 249 g/mol. The topological polar surface area (TPSA) is 75.4 Å². The van der Waals surface area contributed by atoms with Crippen LogP contribution in [0.1, 0.15) is 12.1 Å². The minimum absolute atomic E-state index is 0.153. The summed E-state index contributed by atoms with van der Waals surface area (Å²) in [5.41, 5.74) is 0.831. The molecule has 1 saturated heterocycles.